The van der Waals surface area contributed by atoms with Crippen LogP contribution in [0.4, 0.5) is 13.2 Å². The van der Waals surface area contributed by atoms with Gasteiger partial charge in [-0.3, -0.25) is 4.79 Å². The van der Waals surface area contributed by atoms with Crippen LogP contribution >= 0.6 is 15.9 Å². The maximum atomic E-state index is 12.2. The van der Waals surface area contributed by atoms with Crippen LogP contribution in [-0.4, -0.2) is 30.3 Å². The molecule has 0 spiro atoms. The molecule has 0 heterocycles. The number of rotatable bonds is 4. The van der Waals surface area contributed by atoms with Gasteiger partial charge in [0.05, 0.1) is 7.11 Å². The van der Waals surface area contributed by atoms with E-state index in [1.807, 2.05) is 0 Å². The number of nitrogens with one attached hydrogen (secondary N) is 1. The number of carbonyl (C=O) groups excluding carboxylic acids is 1. The Balaban J connectivity index is 3.18. The van der Waals surface area contributed by atoms with Crippen LogP contribution in [0, 0.1) is 0 Å². The van der Waals surface area contributed by atoms with E-state index in [-0.39, 0.29) is 11.3 Å². The average molecular weight is 356 g/mol. The number of methoxy groups -OCH3 is 1. The van der Waals surface area contributed by atoms with Crippen molar-refractivity contribution in [3.8, 4) is 5.75 Å². The number of benzene rings is 1. The number of carboxylic acids is 1. The predicted molar refractivity (Wildman–Crippen MR) is 65.3 cm³/mol. The fourth-order valence-electron chi connectivity index (χ4n) is 1.42. The highest BCUT2D eigenvalue weighted by molar-refractivity contribution is 9.10. The summed E-state index contributed by atoms with van der Waals surface area (Å²) < 4.78 is 41.9. The molecule has 9 heteroatoms. The monoisotopic (exact) mass is 355 g/mol. The molecule has 5 nitrogen and oxygen atoms in total. The lowest BCUT2D eigenvalue weighted by molar-refractivity contribution is -0.175. The Kier molecular flexibility index (Phi) is 4.98. The molecule has 1 rings (SSSR count). The summed E-state index contributed by atoms with van der Waals surface area (Å²) in [6, 6.07) is 2.27. The van der Waals surface area contributed by atoms with Crippen LogP contribution in [0.1, 0.15) is 11.6 Å². The summed E-state index contributed by atoms with van der Waals surface area (Å²) in [6.45, 7) is 0. The average Bonchev–Trinajstić information content (AvgIpc) is 2.33. The highest BCUT2D eigenvalue weighted by atomic mass is 79.9. The molecule has 1 aromatic rings. The predicted octanol–water partition coefficient (Wildman–Crippen LogP) is 2.26. The van der Waals surface area contributed by atoms with Gasteiger partial charge in [0.25, 0.3) is 0 Å². The zero-order valence-corrected chi connectivity index (χ0v) is 11.6. The van der Waals surface area contributed by atoms with Gasteiger partial charge in [0.15, 0.2) is 6.04 Å². The van der Waals surface area contributed by atoms with E-state index < -0.39 is 24.1 Å². The fourth-order valence-corrected chi connectivity index (χ4v) is 1.80. The molecule has 20 heavy (non-hydrogen) atoms. The number of alkyl halides is 3. The first-order valence-electron chi connectivity index (χ1n) is 5.10. The molecule has 0 saturated heterocycles. The minimum absolute atomic E-state index is 0.0445. The van der Waals surface area contributed by atoms with E-state index in [1.54, 1.807) is 0 Å². The number of ether oxygens (including phenoxy) is 1. The Morgan fingerprint density at radius 2 is 2.00 bits per heavy atom. The molecule has 0 fully saturated rings. The van der Waals surface area contributed by atoms with Crippen LogP contribution in [0.5, 0.6) is 5.75 Å². The number of halogens is 4. The van der Waals surface area contributed by atoms with Gasteiger partial charge in [-0.25, -0.2) is 4.79 Å². The van der Waals surface area contributed by atoms with Gasteiger partial charge in [-0.05, 0) is 18.2 Å². The number of carbonyl (C=O) groups is 2. The van der Waals surface area contributed by atoms with Crippen molar-refractivity contribution in [2.75, 3.05) is 7.11 Å². The lowest BCUT2D eigenvalue weighted by atomic mass is 10.1. The number of hydrogen-bond acceptors (Lipinski definition) is 3. The van der Waals surface area contributed by atoms with E-state index in [2.05, 4.69) is 15.9 Å². The second-order valence-corrected chi connectivity index (χ2v) is 4.54. The second-order valence-electron chi connectivity index (χ2n) is 3.63. The van der Waals surface area contributed by atoms with Crippen molar-refractivity contribution in [3.63, 3.8) is 0 Å². The van der Waals surface area contributed by atoms with Crippen LogP contribution in [0.3, 0.4) is 0 Å². The van der Waals surface area contributed by atoms with Gasteiger partial charge in [0.1, 0.15) is 5.75 Å². The quantitative estimate of drug-likeness (QED) is 0.868. The van der Waals surface area contributed by atoms with Crippen LogP contribution in [0.25, 0.3) is 0 Å². The lowest BCUT2D eigenvalue weighted by Gasteiger charge is -2.18. The van der Waals surface area contributed by atoms with Crippen LogP contribution < -0.4 is 10.1 Å². The SMILES string of the molecule is COc1ccc(Br)cc1C(NC(=O)C(F)(F)F)C(=O)O. The highest BCUT2D eigenvalue weighted by Gasteiger charge is 2.41. The largest absolute Gasteiger partial charge is 0.496 e. The van der Waals surface area contributed by atoms with Crippen molar-refractivity contribution in [2.45, 2.75) is 12.2 Å². The topological polar surface area (TPSA) is 75.6 Å². The molecule has 0 aliphatic rings. The summed E-state index contributed by atoms with van der Waals surface area (Å²) >= 11 is 3.07. The Morgan fingerprint density at radius 3 is 2.45 bits per heavy atom. The van der Waals surface area contributed by atoms with E-state index >= 15 is 0 Å². The van der Waals surface area contributed by atoms with Crippen molar-refractivity contribution >= 4 is 27.8 Å². The fraction of sp³-hybridized carbons (Fsp3) is 0.273. The molecule has 0 saturated carbocycles. The Labute approximate surface area is 119 Å². The van der Waals surface area contributed by atoms with Gasteiger partial charge in [-0.1, -0.05) is 15.9 Å². The van der Waals surface area contributed by atoms with E-state index in [4.69, 9.17) is 9.84 Å². The molecular formula is C11H9BrF3NO4. The van der Waals surface area contributed by atoms with Gasteiger partial charge < -0.3 is 15.2 Å². The van der Waals surface area contributed by atoms with E-state index in [1.165, 1.54) is 30.6 Å². The van der Waals surface area contributed by atoms with E-state index in [9.17, 15) is 22.8 Å². The molecule has 1 aromatic carbocycles. The molecule has 0 aromatic heterocycles. The summed E-state index contributed by atoms with van der Waals surface area (Å²) in [7, 11) is 1.23. The van der Waals surface area contributed by atoms with E-state index in [0.717, 1.165) is 0 Å². The molecule has 0 bridgehead atoms. The molecule has 1 unspecified atom stereocenters. The minimum atomic E-state index is -5.17. The Morgan fingerprint density at radius 1 is 1.40 bits per heavy atom. The van der Waals surface area contributed by atoms with Gasteiger partial charge in [0.2, 0.25) is 0 Å². The van der Waals surface area contributed by atoms with Crippen LogP contribution in [0.2, 0.25) is 0 Å². The summed E-state index contributed by atoms with van der Waals surface area (Å²) in [4.78, 5) is 22.0. The maximum Gasteiger partial charge on any atom is 0.471 e. The van der Waals surface area contributed by atoms with Crippen molar-refractivity contribution < 1.29 is 32.6 Å². The molecule has 0 radical (unpaired) electrons. The molecule has 1 amide bonds. The minimum Gasteiger partial charge on any atom is -0.496 e. The summed E-state index contributed by atoms with van der Waals surface area (Å²) in [5, 5.41) is 10.4. The molecule has 0 aliphatic carbocycles. The first kappa shape index (κ1) is 16.3. The zero-order valence-electron chi connectivity index (χ0n) is 9.99. The highest BCUT2D eigenvalue weighted by Crippen LogP contribution is 2.29. The third-order valence-corrected chi connectivity index (χ3v) is 2.78. The Bertz CT molecular complexity index is 533. The molecule has 110 valence electrons. The second kappa shape index (κ2) is 6.12. The number of amides is 1. The summed E-state index contributed by atoms with van der Waals surface area (Å²) in [6.07, 6.45) is -5.17. The van der Waals surface area contributed by atoms with Gasteiger partial charge >= 0.3 is 18.1 Å². The summed E-state index contributed by atoms with van der Waals surface area (Å²) in [5.74, 6) is -3.94. The van der Waals surface area contributed by atoms with Crippen LogP contribution in [-0.2, 0) is 9.59 Å². The molecular weight excluding hydrogens is 347 g/mol. The first-order valence-corrected chi connectivity index (χ1v) is 5.90. The van der Waals surface area contributed by atoms with Gasteiger partial charge in [-0.15, -0.1) is 0 Å². The Hall–Kier alpha value is -1.77. The third kappa shape index (κ3) is 3.86. The standard InChI is InChI=1S/C11H9BrF3NO4/c1-20-7-3-2-5(12)4-6(7)8(9(17)18)16-10(19)11(13,14)15/h2-4,8H,1H3,(H,16,19)(H,17,18). The lowest BCUT2D eigenvalue weighted by Crippen LogP contribution is -2.42. The first-order chi connectivity index (χ1) is 9.16. The van der Waals surface area contributed by atoms with Crippen molar-refractivity contribution in [3.05, 3.63) is 28.2 Å². The number of carboxylic acid groups (broad SMARTS) is 1. The van der Waals surface area contributed by atoms with Crippen molar-refractivity contribution in [2.24, 2.45) is 0 Å². The number of aliphatic carboxylic acids is 1. The van der Waals surface area contributed by atoms with Gasteiger partial charge in [-0.2, -0.15) is 13.2 Å². The van der Waals surface area contributed by atoms with Crippen molar-refractivity contribution in [1.29, 1.82) is 0 Å². The van der Waals surface area contributed by atoms with E-state index in [0.29, 0.717) is 4.47 Å². The van der Waals surface area contributed by atoms with Gasteiger partial charge in [0, 0.05) is 10.0 Å². The normalized spacial score (nSPS) is 12.7. The molecule has 2 N–H and O–H groups in total. The summed E-state index contributed by atoms with van der Waals surface area (Å²) in [5.41, 5.74) is -0.105. The number of hydrogen-bond donors (Lipinski definition) is 2. The smallest absolute Gasteiger partial charge is 0.471 e. The van der Waals surface area contributed by atoms with Crippen molar-refractivity contribution in [1.82, 2.24) is 5.32 Å². The molecule has 0 aliphatic heterocycles. The maximum absolute atomic E-state index is 12.2. The van der Waals surface area contributed by atoms with Crippen LogP contribution in [0.15, 0.2) is 22.7 Å². The third-order valence-electron chi connectivity index (χ3n) is 2.28. The molecule has 1 atom stereocenters. The zero-order chi connectivity index (χ0) is 15.5.